The molecule has 0 aliphatic heterocycles. The van der Waals surface area contributed by atoms with Crippen LogP contribution in [0.3, 0.4) is 0 Å². The van der Waals surface area contributed by atoms with Crippen LogP contribution >= 0.6 is 0 Å². The van der Waals surface area contributed by atoms with Gasteiger partial charge in [0.2, 0.25) is 0 Å². The fourth-order valence-corrected chi connectivity index (χ4v) is 1.80. The molecule has 1 N–H and O–H groups in total. The van der Waals surface area contributed by atoms with Gasteiger partial charge < -0.3 is 9.84 Å². The van der Waals surface area contributed by atoms with Crippen LogP contribution in [0.5, 0.6) is 0 Å². The number of ether oxygens (including phenoxy) is 1. The molecule has 0 aliphatic rings. The summed E-state index contributed by atoms with van der Waals surface area (Å²) in [7, 11) is 1.29. The van der Waals surface area contributed by atoms with E-state index in [1.165, 1.54) is 7.11 Å². The maximum absolute atomic E-state index is 11.5. The normalized spacial score (nSPS) is 11.5. The van der Waals surface area contributed by atoms with Gasteiger partial charge in [-0.2, -0.15) is 0 Å². The summed E-state index contributed by atoms with van der Waals surface area (Å²) < 4.78 is 4.64. The highest BCUT2D eigenvalue weighted by atomic mass is 16.5. The van der Waals surface area contributed by atoms with E-state index in [0.29, 0.717) is 5.56 Å². The lowest BCUT2D eigenvalue weighted by Crippen LogP contribution is -2.04. The average molecular weight is 228 g/mol. The third kappa shape index (κ3) is 1.99. The minimum absolute atomic E-state index is 0.157. The van der Waals surface area contributed by atoms with E-state index in [1.807, 2.05) is 36.4 Å². The third-order valence-electron chi connectivity index (χ3n) is 2.61. The number of rotatable bonds is 2. The highest BCUT2D eigenvalue weighted by molar-refractivity contribution is 6.19. The molecule has 0 saturated heterocycles. The Bertz CT molecular complexity index is 580. The standard InChI is InChI=1S/C14H12O3/c1-17-14(16)13(9-15)12-8-4-6-10-5-2-3-7-11(10)12/h2-9,15H,1H3/b13-9+. The van der Waals surface area contributed by atoms with Crippen LogP contribution in [0.1, 0.15) is 5.56 Å². The van der Waals surface area contributed by atoms with Crippen molar-refractivity contribution in [2.75, 3.05) is 7.11 Å². The van der Waals surface area contributed by atoms with Crippen LogP contribution in [-0.4, -0.2) is 18.2 Å². The molecule has 3 heteroatoms. The van der Waals surface area contributed by atoms with Crippen LogP contribution < -0.4 is 0 Å². The van der Waals surface area contributed by atoms with Crippen molar-refractivity contribution in [2.45, 2.75) is 0 Å². The Morgan fingerprint density at radius 3 is 2.59 bits per heavy atom. The number of fused-ring (bicyclic) bond motifs is 1. The Labute approximate surface area is 99.0 Å². The topological polar surface area (TPSA) is 46.5 Å². The second-order valence-electron chi connectivity index (χ2n) is 3.56. The number of esters is 1. The van der Waals surface area contributed by atoms with Crippen molar-refractivity contribution in [2.24, 2.45) is 0 Å². The van der Waals surface area contributed by atoms with E-state index in [4.69, 9.17) is 0 Å². The Hall–Kier alpha value is -2.29. The highest BCUT2D eigenvalue weighted by Crippen LogP contribution is 2.25. The van der Waals surface area contributed by atoms with Crippen molar-refractivity contribution < 1.29 is 14.6 Å². The van der Waals surface area contributed by atoms with E-state index >= 15 is 0 Å². The van der Waals surface area contributed by atoms with Gasteiger partial charge in [-0.15, -0.1) is 0 Å². The molecule has 0 fully saturated rings. The molecule has 86 valence electrons. The Balaban J connectivity index is 2.66. The average Bonchev–Trinajstić information content (AvgIpc) is 2.39. The van der Waals surface area contributed by atoms with Crippen LogP contribution in [0.4, 0.5) is 0 Å². The number of benzene rings is 2. The number of hydrogen-bond acceptors (Lipinski definition) is 3. The molecule has 0 aliphatic carbocycles. The third-order valence-corrected chi connectivity index (χ3v) is 2.61. The maximum atomic E-state index is 11.5. The molecule has 0 amide bonds. The van der Waals surface area contributed by atoms with Crippen LogP contribution in [-0.2, 0) is 9.53 Å². The Morgan fingerprint density at radius 2 is 1.88 bits per heavy atom. The summed E-state index contributed by atoms with van der Waals surface area (Å²) in [4.78, 5) is 11.5. The van der Waals surface area contributed by atoms with Gasteiger partial charge in [-0.05, 0) is 16.3 Å². The van der Waals surface area contributed by atoms with Gasteiger partial charge in [0, 0.05) is 0 Å². The lowest BCUT2D eigenvalue weighted by Gasteiger charge is -2.07. The summed E-state index contributed by atoms with van der Waals surface area (Å²) in [5.41, 5.74) is 0.821. The Kier molecular flexibility index (Phi) is 3.10. The second kappa shape index (κ2) is 4.70. The molecule has 17 heavy (non-hydrogen) atoms. The van der Waals surface area contributed by atoms with Crippen molar-refractivity contribution in [1.82, 2.24) is 0 Å². The first kappa shape index (κ1) is 11.2. The first-order valence-electron chi connectivity index (χ1n) is 5.18. The number of carbonyl (C=O) groups excluding carboxylic acids is 1. The van der Waals surface area contributed by atoms with E-state index in [2.05, 4.69) is 4.74 Å². The van der Waals surface area contributed by atoms with Gasteiger partial charge in [-0.1, -0.05) is 42.5 Å². The van der Waals surface area contributed by atoms with Gasteiger partial charge >= 0.3 is 5.97 Å². The fourth-order valence-electron chi connectivity index (χ4n) is 1.80. The van der Waals surface area contributed by atoms with E-state index in [9.17, 15) is 9.90 Å². The van der Waals surface area contributed by atoms with Gasteiger partial charge in [0.15, 0.2) is 0 Å². The summed E-state index contributed by atoms with van der Waals surface area (Å²) in [6, 6.07) is 13.2. The van der Waals surface area contributed by atoms with E-state index in [0.717, 1.165) is 17.0 Å². The van der Waals surface area contributed by atoms with Crippen LogP contribution in [0.2, 0.25) is 0 Å². The molecule has 0 bridgehead atoms. The zero-order valence-corrected chi connectivity index (χ0v) is 9.38. The van der Waals surface area contributed by atoms with Crippen molar-refractivity contribution in [1.29, 1.82) is 0 Å². The second-order valence-corrected chi connectivity index (χ2v) is 3.56. The van der Waals surface area contributed by atoms with E-state index in [-0.39, 0.29) is 5.57 Å². The molecule has 0 radical (unpaired) electrons. The van der Waals surface area contributed by atoms with Crippen LogP contribution in [0.25, 0.3) is 16.3 Å². The zero-order valence-electron chi connectivity index (χ0n) is 9.38. The first-order chi connectivity index (χ1) is 8.27. The smallest absolute Gasteiger partial charge is 0.341 e. The maximum Gasteiger partial charge on any atom is 0.341 e. The van der Waals surface area contributed by atoms with Crippen molar-refractivity contribution in [3.63, 3.8) is 0 Å². The molecular weight excluding hydrogens is 216 g/mol. The lowest BCUT2D eigenvalue weighted by molar-refractivity contribution is -0.133. The summed E-state index contributed by atoms with van der Waals surface area (Å²) in [5, 5.41) is 11.1. The number of aliphatic hydroxyl groups excluding tert-OH is 1. The molecule has 2 aromatic carbocycles. The molecule has 0 saturated carbocycles. The molecule has 3 nitrogen and oxygen atoms in total. The summed E-state index contributed by atoms with van der Waals surface area (Å²) >= 11 is 0. The van der Waals surface area contributed by atoms with Crippen molar-refractivity contribution in [3.05, 3.63) is 54.3 Å². The van der Waals surface area contributed by atoms with E-state index in [1.54, 1.807) is 6.07 Å². The van der Waals surface area contributed by atoms with Gasteiger partial charge in [0.25, 0.3) is 0 Å². The summed E-state index contributed by atoms with van der Waals surface area (Å²) in [6.45, 7) is 0. The molecule has 0 heterocycles. The van der Waals surface area contributed by atoms with Gasteiger partial charge in [0.1, 0.15) is 5.57 Å². The molecule has 0 atom stereocenters. The summed E-state index contributed by atoms with van der Waals surface area (Å²) in [6.07, 6.45) is 0.785. The summed E-state index contributed by atoms with van der Waals surface area (Å²) in [5.74, 6) is -0.552. The van der Waals surface area contributed by atoms with Gasteiger partial charge in [0.05, 0.1) is 13.4 Å². The largest absolute Gasteiger partial charge is 0.515 e. The number of carbonyl (C=O) groups is 1. The molecule has 0 unspecified atom stereocenters. The predicted octanol–water partition coefficient (Wildman–Crippen LogP) is 2.91. The van der Waals surface area contributed by atoms with Crippen LogP contribution in [0.15, 0.2) is 48.7 Å². The number of hydrogen-bond donors (Lipinski definition) is 1. The van der Waals surface area contributed by atoms with E-state index < -0.39 is 5.97 Å². The van der Waals surface area contributed by atoms with Crippen LogP contribution in [0, 0.1) is 0 Å². The lowest BCUT2D eigenvalue weighted by atomic mass is 9.99. The minimum atomic E-state index is -0.552. The molecule has 0 aromatic heterocycles. The van der Waals surface area contributed by atoms with Gasteiger partial charge in [-0.25, -0.2) is 4.79 Å². The molecule has 0 spiro atoms. The minimum Gasteiger partial charge on any atom is -0.515 e. The van der Waals surface area contributed by atoms with Crippen molar-refractivity contribution in [3.8, 4) is 0 Å². The molecule has 2 rings (SSSR count). The quantitative estimate of drug-likeness (QED) is 0.488. The SMILES string of the molecule is COC(=O)/C(=C/O)c1cccc2ccccc12. The number of aliphatic hydroxyl groups is 1. The molecular formula is C14H12O3. The monoisotopic (exact) mass is 228 g/mol. The van der Waals surface area contributed by atoms with Crippen molar-refractivity contribution >= 4 is 22.3 Å². The fraction of sp³-hybridized carbons (Fsp3) is 0.0714. The number of methoxy groups -OCH3 is 1. The highest BCUT2D eigenvalue weighted by Gasteiger charge is 2.14. The van der Waals surface area contributed by atoms with Gasteiger partial charge in [-0.3, -0.25) is 0 Å². The first-order valence-corrected chi connectivity index (χ1v) is 5.18. The predicted molar refractivity (Wildman–Crippen MR) is 66.6 cm³/mol. The zero-order chi connectivity index (χ0) is 12.3. The Morgan fingerprint density at radius 1 is 1.18 bits per heavy atom. The molecule has 2 aromatic rings.